The van der Waals surface area contributed by atoms with Crippen molar-refractivity contribution < 1.29 is 0 Å². The first-order chi connectivity index (χ1) is 10.0. The average Bonchev–Trinajstić information content (AvgIpc) is 2.44. The summed E-state index contributed by atoms with van der Waals surface area (Å²) in [6.45, 7) is 5.45. The van der Waals surface area contributed by atoms with Crippen LogP contribution in [0.1, 0.15) is 23.9 Å². The Morgan fingerprint density at radius 2 is 2.10 bits per heavy atom. The molecular formula is C16H19ClN4. The fourth-order valence-corrected chi connectivity index (χ4v) is 2.41. The van der Waals surface area contributed by atoms with E-state index < -0.39 is 0 Å². The Balaban J connectivity index is 2.37. The average molecular weight is 303 g/mol. The molecule has 0 amide bonds. The molecule has 0 aliphatic heterocycles. The van der Waals surface area contributed by atoms with Crippen LogP contribution in [0.25, 0.3) is 0 Å². The summed E-state index contributed by atoms with van der Waals surface area (Å²) in [6.07, 6.45) is 0. The quantitative estimate of drug-likeness (QED) is 0.657. The molecule has 0 saturated heterocycles. The van der Waals surface area contributed by atoms with Gasteiger partial charge in [-0.25, -0.2) is 0 Å². The van der Waals surface area contributed by atoms with Crippen LogP contribution < -0.4 is 10.6 Å². The summed E-state index contributed by atoms with van der Waals surface area (Å²) in [4.78, 5) is 6.64. The number of pyridine rings is 1. The van der Waals surface area contributed by atoms with Gasteiger partial charge in [0.25, 0.3) is 0 Å². The Labute approximate surface area is 130 Å². The SMILES string of the molecule is CCN(Cc1cccc(C)n1)c1cc(Cl)ccc1C(=N)N. The predicted molar refractivity (Wildman–Crippen MR) is 88.2 cm³/mol. The van der Waals surface area contributed by atoms with Gasteiger partial charge in [-0.3, -0.25) is 10.4 Å². The highest BCUT2D eigenvalue weighted by molar-refractivity contribution is 6.31. The summed E-state index contributed by atoms with van der Waals surface area (Å²) in [7, 11) is 0. The van der Waals surface area contributed by atoms with Crippen molar-refractivity contribution in [3.63, 3.8) is 0 Å². The minimum absolute atomic E-state index is 0.0392. The van der Waals surface area contributed by atoms with Crippen LogP contribution >= 0.6 is 11.6 Å². The van der Waals surface area contributed by atoms with Gasteiger partial charge in [-0.2, -0.15) is 0 Å². The van der Waals surface area contributed by atoms with Gasteiger partial charge in [-0.05, 0) is 44.2 Å². The first-order valence-corrected chi connectivity index (χ1v) is 7.20. The molecule has 1 aromatic heterocycles. The minimum atomic E-state index is 0.0392. The van der Waals surface area contributed by atoms with E-state index in [9.17, 15) is 0 Å². The monoisotopic (exact) mass is 302 g/mol. The van der Waals surface area contributed by atoms with E-state index in [2.05, 4.69) is 16.8 Å². The number of anilines is 1. The van der Waals surface area contributed by atoms with Crippen molar-refractivity contribution in [1.82, 2.24) is 4.98 Å². The molecule has 21 heavy (non-hydrogen) atoms. The van der Waals surface area contributed by atoms with Crippen LogP contribution in [-0.4, -0.2) is 17.4 Å². The van der Waals surface area contributed by atoms with Crippen molar-refractivity contribution in [3.05, 3.63) is 58.4 Å². The third-order valence-corrected chi connectivity index (χ3v) is 3.51. The van der Waals surface area contributed by atoms with Crippen molar-refractivity contribution in [2.75, 3.05) is 11.4 Å². The maximum atomic E-state index is 7.72. The van der Waals surface area contributed by atoms with Crippen LogP contribution in [0.2, 0.25) is 5.02 Å². The van der Waals surface area contributed by atoms with Crippen molar-refractivity contribution >= 4 is 23.1 Å². The lowest BCUT2D eigenvalue weighted by molar-refractivity contribution is 0.805. The van der Waals surface area contributed by atoms with E-state index in [1.54, 1.807) is 12.1 Å². The molecule has 0 aliphatic carbocycles. The summed E-state index contributed by atoms with van der Waals surface area (Å²) < 4.78 is 0. The molecule has 1 heterocycles. The van der Waals surface area contributed by atoms with Gasteiger partial charge < -0.3 is 10.6 Å². The van der Waals surface area contributed by atoms with Crippen LogP contribution in [0.4, 0.5) is 5.69 Å². The van der Waals surface area contributed by atoms with Gasteiger partial charge in [-0.1, -0.05) is 17.7 Å². The van der Waals surface area contributed by atoms with Crippen molar-refractivity contribution in [2.45, 2.75) is 20.4 Å². The summed E-state index contributed by atoms with van der Waals surface area (Å²) in [5.41, 5.74) is 9.19. The van der Waals surface area contributed by atoms with Crippen LogP contribution in [-0.2, 0) is 6.54 Å². The summed E-state index contributed by atoms with van der Waals surface area (Å²) in [5, 5.41) is 8.35. The topological polar surface area (TPSA) is 66.0 Å². The molecule has 0 spiro atoms. The van der Waals surface area contributed by atoms with Crippen LogP contribution in [0, 0.1) is 12.3 Å². The van der Waals surface area contributed by atoms with Crippen LogP contribution in [0.15, 0.2) is 36.4 Å². The molecule has 5 heteroatoms. The van der Waals surface area contributed by atoms with Crippen LogP contribution in [0.3, 0.4) is 0 Å². The van der Waals surface area contributed by atoms with E-state index in [1.165, 1.54) is 0 Å². The predicted octanol–water partition coefficient (Wildman–Crippen LogP) is 3.35. The van der Waals surface area contributed by atoms with Crippen molar-refractivity contribution in [3.8, 4) is 0 Å². The van der Waals surface area contributed by atoms with Gasteiger partial charge in [0, 0.05) is 28.5 Å². The maximum Gasteiger partial charge on any atom is 0.124 e. The number of hydrogen-bond donors (Lipinski definition) is 2. The molecule has 1 aromatic carbocycles. The molecule has 0 aliphatic rings. The molecule has 0 fully saturated rings. The highest BCUT2D eigenvalue weighted by Gasteiger charge is 2.13. The highest BCUT2D eigenvalue weighted by Crippen LogP contribution is 2.26. The van der Waals surface area contributed by atoms with Gasteiger partial charge in [0.05, 0.1) is 12.2 Å². The molecular weight excluding hydrogens is 284 g/mol. The molecule has 3 N–H and O–H groups in total. The Morgan fingerprint density at radius 3 is 2.71 bits per heavy atom. The van der Waals surface area contributed by atoms with Crippen molar-refractivity contribution in [2.24, 2.45) is 5.73 Å². The third-order valence-electron chi connectivity index (χ3n) is 3.27. The first-order valence-electron chi connectivity index (χ1n) is 6.82. The van der Waals surface area contributed by atoms with Gasteiger partial charge >= 0.3 is 0 Å². The van der Waals surface area contributed by atoms with E-state index in [0.29, 0.717) is 17.1 Å². The highest BCUT2D eigenvalue weighted by atomic mass is 35.5. The molecule has 110 valence electrons. The van der Waals surface area contributed by atoms with E-state index in [0.717, 1.165) is 23.6 Å². The number of amidine groups is 1. The Bertz CT molecular complexity index is 654. The summed E-state index contributed by atoms with van der Waals surface area (Å²) in [5.74, 6) is 0.0392. The van der Waals surface area contributed by atoms with Crippen molar-refractivity contribution in [1.29, 1.82) is 5.41 Å². The molecule has 2 aromatic rings. The fourth-order valence-electron chi connectivity index (χ4n) is 2.24. The Hall–Kier alpha value is -2.07. The minimum Gasteiger partial charge on any atom is -0.384 e. The second-order valence-corrected chi connectivity index (χ2v) is 5.30. The molecule has 4 nitrogen and oxygen atoms in total. The van der Waals surface area contributed by atoms with E-state index >= 15 is 0 Å². The lowest BCUT2D eigenvalue weighted by Gasteiger charge is -2.25. The molecule has 0 radical (unpaired) electrons. The molecule has 0 bridgehead atoms. The van der Waals surface area contributed by atoms with Gasteiger partial charge in [-0.15, -0.1) is 0 Å². The Morgan fingerprint density at radius 1 is 1.33 bits per heavy atom. The fraction of sp³-hybridized carbons (Fsp3) is 0.250. The summed E-state index contributed by atoms with van der Waals surface area (Å²) in [6, 6.07) is 11.3. The van der Waals surface area contributed by atoms with Gasteiger partial charge in [0.15, 0.2) is 0 Å². The third kappa shape index (κ3) is 3.73. The molecule has 0 saturated carbocycles. The number of halogens is 1. The molecule has 0 unspecified atom stereocenters. The number of hydrogen-bond acceptors (Lipinski definition) is 3. The second kappa shape index (κ2) is 6.59. The number of nitrogens with zero attached hydrogens (tertiary/aromatic N) is 2. The van der Waals surface area contributed by atoms with Gasteiger partial charge in [0.1, 0.15) is 5.84 Å². The molecule has 2 rings (SSSR count). The normalized spacial score (nSPS) is 10.4. The number of benzene rings is 1. The number of nitrogens with two attached hydrogens (primary N) is 1. The zero-order chi connectivity index (χ0) is 15.4. The standard InChI is InChI=1S/C16H19ClN4/c1-3-21(10-13-6-4-5-11(2)20-13)15-9-12(17)7-8-14(15)16(18)19/h4-9H,3,10H2,1-2H3,(H3,18,19). The van der Waals surface area contributed by atoms with E-state index in [1.807, 2.05) is 31.2 Å². The Kier molecular flexibility index (Phi) is 4.81. The first kappa shape index (κ1) is 15.3. The van der Waals surface area contributed by atoms with Gasteiger partial charge in [0.2, 0.25) is 0 Å². The summed E-state index contributed by atoms with van der Waals surface area (Å²) >= 11 is 6.10. The number of aryl methyl sites for hydroxylation is 1. The lowest BCUT2D eigenvalue weighted by atomic mass is 10.1. The smallest absolute Gasteiger partial charge is 0.124 e. The largest absolute Gasteiger partial charge is 0.384 e. The maximum absolute atomic E-state index is 7.72. The number of nitrogens with one attached hydrogen (secondary N) is 1. The number of rotatable bonds is 5. The zero-order valence-electron chi connectivity index (χ0n) is 12.2. The molecule has 0 atom stereocenters. The second-order valence-electron chi connectivity index (χ2n) is 4.86. The van der Waals surface area contributed by atoms with Crippen LogP contribution in [0.5, 0.6) is 0 Å². The lowest BCUT2D eigenvalue weighted by Crippen LogP contribution is -2.26. The van der Waals surface area contributed by atoms with E-state index in [-0.39, 0.29) is 5.84 Å². The number of aromatic nitrogens is 1. The van der Waals surface area contributed by atoms with E-state index in [4.69, 9.17) is 22.7 Å². The zero-order valence-corrected chi connectivity index (χ0v) is 13.0. The number of nitrogen functional groups attached to an aromatic ring is 1.